The summed E-state index contributed by atoms with van der Waals surface area (Å²) in [6.45, 7) is 0. The summed E-state index contributed by atoms with van der Waals surface area (Å²) in [6, 6.07) is 5.31. The van der Waals surface area contributed by atoms with Crippen molar-refractivity contribution in [1.82, 2.24) is 0 Å². The average Bonchev–Trinajstić information content (AvgIpc) is 2.30. The number of nitro groups is 1. The van der Waals surface area contributed by atoms with E-state index in [1.54, 1.807) is 12.1 Å². The fourth-order valence-electron chi connectivity index (χ4n) is 2.29. The molecule has 1 saturated carbocycles. The molecule has 5 nitrogen and oxygen atoms in total. The average molecular weight is 235 g/mol. The summed E-state index contributed by atoms with van der Waals surface area (Å²) in [6.07, 6.45) is 6.13. The van der Waals surface area contributed by atoms with E-state index in [9.17, 15) is 10.1 Å². The molecule has 0 amide bonds. The second-order valence-electron chi connectivity index (χ2n) is 4.51. The highest BCUT2D eigenvalue weighted by Crippen LogP contribution is 2.27. The number of nitro benzene ring substituents is 1. The predicted molar refractivity (Wildman–Crippen MR) is 68.0 cm³/mol. The summed E-state index contributed by atoms with van der Waals surface area (Å²) >= 11 is 0. The molecule has 3 N–H and O–H groups in total. The number of benzene rings is 1. The third-order valence-corrected chi connectivity index (χ3v) is 3.20. The van der Waals surface area contributed by atoms with E-state index in [0.717, 1.165) is 18.5 Å². The molecule has 92 valence electrons. The number of nitrogens with one attached hydrogen (secondary N) is 1. The second-order valence-corrected chi connectivity index (χ2v) is 4.51. The van der Waals surface area contributed by atoms with Gasteiger partial charge in [0.1, 0.15) is 5.69 Å². The molecule has 0 spiro atoms. The number of nitrogen functional groups attached to an aromatic ring is 1. The van der Waals surface area contributed by atoms with Crippen LogP contribution in [0.4, 0.5) is 17.1 Å². The van der Waals surface area contributed by atoms with Crippen molar-refractivity contribution in [2.24, 2.45) is 0 Å². The Labute approximate surface area is 100 Å². The van der Waals surface area contributed by atoms with Gasteiger partial charge < -0.3 is 11.1 Å². The number of nitrogens with two attached hydrogens (primary N) is 1. The van der Waals surface area contributed by atoms with Crippen LogP contribution in [0.2, 0.25) is 0 Å². The summed E-state index contributed by atoms with van der Waals surface area (Å²) in [5, 5.41) is 14.0. The van der Waals surface area contributed by atoms with E-state index in [2.05, 4.69) is 5.32 Å². The maximum Gasteiger partial charge on any atom is 0.292 e. The lowest BCUT2D eigenvalue weighted by Gasteiger charge is -2.23. The van der Waals surface area contributed by atoms with Crippen molar-refractivity contribution in [2.75, 3.05) is 11.1 Å². The summed E-state index contributed by atoms with van der Waals surface area (Å²) in [4.78, 5) is 10.2. The second kappa shape index (κ2) is 5.03. The molecule has 1 aromatic carbocycles. The van der Waals surface area contributed by atoms with Gasteiger partial charge in [0.15, 0.2) is 0 Å². The van der Waals surface area contributed by atoms with Crippen LogP contribution in [0.5, 0.6) is 0 Å². The van der Waals surface area contributed by atoms with Gasteiger partial charge >= 0.3 is 0 Å². The lowest BCUT2D eigenvalue weighted by Crippen LogP contribution is -2.22. The molecular weight excluding hydrogens is 218 g/mol. The highest BCUT2D eigenvalue weighted by molar-refractivity contribution is 5.66. The third-order valence-electron chi connectivity index (χ3n) is 3.20. The molecule has 0 saturated heterocycles. The maximum absolute atomic E-state index is 10.6. The van der Waals surface area contributed by atoms with Gasteiger partial charge in [-0.1, -0.05) is 19.3 Å². The highest BCUT2D eigenvalue weighted by atomic mass is 16.6. The van der Waals surface area contributed by atoms with Gasteiger partial charge in [-0.05, 0) is 25.0 Å². The van der Waals surface area contributed by atoms with Gasteiger partial charge in [-0.2, -0.15) is 0 Å². The van der Waals surface area contributed by atoms with Gasteiger partial charge in [-0.15, -0.1) is 0 Å². The van der Waals surface area contributed by atoms with E-state index in [0.29, 0.717) is 6.04 Å². The summed E-state index contributed by atoms with van der Waals surface area (Å²) in [5.41, 5.74) is 6.71. The normalized spacial score (nSPS) is 16.7. The molecule has 1 aromatic rings. The first-order valence-electron chi connectivity index (χ1n) is 5.97. The van der Waals surface area contributed by atoms with Gasteiger partial charge in [-0.25, -0.2) is 0 Å². The number of hydrogen-bond donors (Lipinski definition) is 2. The highest BCUT2D eigenvalue weighted by Gasteiger charge is 2.15. The van der Waals surface area contributed by atoms with E-state index >= 15 is 0 Å². The Bertz CT molecular complexity index is 414. The SMILES string of the molecule is Nc1cc(NC2CCCCC2)ccc1[N+](=O)[O-]. The van der Waals surface area contributed by atoms with Crippen LogP contribution >= 0.6 is 0 Å². The molecule has 1 fully saturated rings. The molecule has 1 aliphatic carbocycles. The molecule has 0 aromatic heterocycles. The molecule has 0 heterocycles. The minimum atomic E-state index is -0.459. The molecule has 0 bridgehead atoms. The van der Waals surface area contributed by atoms with Gasteiger partial charge in [0.2, 0.25) is 0 Å². The van der Waals surface area contributed by atoms with Crippen molar-refractivity contribution in [1.29, 1.82) is 0 Å². The van der Waals surface area contributed by atoms with Crippen molar-refractivity contribution in [3.05, 3.63) is 28.3 Å². The Kier molecular flexibility index (Phi) is 3.46. The van der Waals surface area contributed by atoms with Crippen LogP contribution in [0.25, 0.3) is 0 Å². The largest absolute Gasteiger partial charge is 0.393 e. The lowest BCUT2D eigenvalue weighted by atomic mass is 9.95. The topological polar surface area (TPSA) is 81.2 Å². The Morgan fingerprint density at radius 2 is 2.00 bits per heavy atom. The summed E-state index contributed by atoms with van der Waals surface area (Å²) in [5.74, 6) is 0. The first kappa shape index (κ1) is 11.7. The Morgan fingerprint density at radius 1 is 1.29 bits per heavy atom. The third kappa shape index (κ3) is 2.87. The van der Waals surface area contributed by atoms with Crippen molar-refractivity contribution >= 4 is 17.1 Å². The molecule has 5 heteroatoms. The van der Waals surface area contributed by atoms with Crippen molar-refractivity contribution in [2.45, 2.75) is 38.1 Å². The zero-order valence-corrected chi connectivity index (χ0v) is 9.69. The van der Waals surface area contributed by atoms with Crippen LogP contribution in [0.1, 0.15) is 32.1 Å². The summed E-state index contributed by atoms with van der Waals surface area (Å²) < 4.78 is 0. The standard InChI is InChI=1S/C12H17N3O2/c13-11-8-10(6-7-12(11)15(16)17)14-9-4-2-1-3-5-9/h6-9,14H,1-5,13H2. The minimum absolute atomic E-state index is 0.0285. The summed E-state index contributed by atoms with van der Waals surface area (Å²) in [7, 11) is 0. The van der Waals surface area contributed by atoms with Crippen molar-refractivity contribution in [3.63, 3.8) is 0 Å². The molecule has 0 unspecified atom stereocenters. The van der Waals surface area contributed by atoms with E-state index in [1.165, 1.54) is 25.3 Å². The Morgan fingerprint density at radius 3 is 2.59 bits per heavy atom. The number of nitrogens with zero attached hydrogens (tertiary/aromatic N) is 1. The molecule has 17 heavy (non-hydrogen) atoms. The lowest BCUT2D eigenvalue weighted by molar-refractivity contribution is -0.383. The molecule has 1 aliphatic rings. The smallest absolute Gasteiger partial charge is 0.292 e. The van der Waals surface area contributed by atoms with E-state index in [4.69, 9.17) is 5.73 Å². The van der Waals surface area contributed by atoms with Gasteiger partial charge in [0.25, 0.3) is 5.69 Å². The predicted octanol–water partition coefficient (Wildman–Crippen LogP) is 2.92. The fraction of sp³-hybridized carbons (Fsp3) is 0.500. The fourth-order valence-corrected chi connectivity index (χ4v) is 2.29. The monoisotopic (exact) mass is 235 g/mol. The minimum Gasteiger partial charge on any atom is -0.393 e. The zero-order chi connectivity index (χ0) is 12.3. The Hall–Kier alpha value is -1.78. The molecule has 0 radical (unpaired) electrons. The van der Waals surface area contributed by atoms with Crippen molar-refractivity contribution in [3.8, 4) is 0 Å². The zero-order valence-electron chi connectivity index (χ0n) is 9.69. The molecule has 0 aliphatic heterocycles. The van der Waals surface area contributed by atoms with Gasteiger partial charge in [0.05, 0.1) is 4.92 Å². The quantitative estimate of drug-likeness (QED) is 0.479. The van der Waals surface area contributed by atoms with Crippen LogP contribution < -0.4 is 11.1 Å². The van der Waals surface area contributed by atoms with Gasteiger partial charge in [0, 0.05) is 17.8 Å². The van der Waals surface area contributed by atoms with E-state index in [1.807, 2.05) is 0 Å². The van der Waals surface area contributed by atoms with Crippen molar-refractivity contribution < 1.29 is 4.92 Å². The van der Waals surface area contributed by atoms with E-state index in [-0.39, 0.29) is 11.4 Å². The van der Waals surface area contributed by atoms with Gasteiger partial charge in [-0.3, -0.25) is 10.1 Å². The Balaban J connectivity index is 2.06. The first-order chi connectivity index (χ1) is 8.16. The number of anilines is 2. The van der Waals surface area contributed by atoms with Crippen LogP contribution in [0.3, 0.4) is 0 Å². The first-order valence-corrected chi connectivity index (χ1v) is 5.97. The molecular formula is C12H17N3O2. The van der Waals surface area contributed by atoms with Crippen LogP contribution in [-0.2, 0) is 0 Å². The number of rotatable bonds is 3. The van der Waals surface area contributed by atoms with Crippen LogP contribution in [-0.4, -0.2) is 11.0 Å². The maximum atomic E-state index is 10.6. The number of hydrogen-bond acceptors (Lipinski definition) is 4. The van der Waals surface area contributed by atoms with Crippen LogP contribution in [0.15, 0.2) is 18.2 Å². The van der Waals surface area contributed by atoms with Crippen LogP contribution in [0, 0.1) is 10.1 Å². The molecule has 0 atom stereocenters. The van der Waals surface area contributed by atoms with E-state index < -0.39 is 4.92 Å². The molecule has 2 rings (SSSR count).